The number of hydrogen-bond acceptors (Lipinski definition) is 2. The van der Waals surface area contributed by atoms with Crippen molar-refractivity contribution in [2.75, 3.05) is 0 Å². The molecule has 0 amide bonds. The lowest BCUT2D eigenvalue weighted by Crippen LogP contribution is -2.22. The van der Waals surface area contributed by atoms with Crippen LogP contribution in [0.1, 0.15) is 20.3 Å². The first-order valence-corrected chi connectivity index (χ1v) is 4.57. The number of ether oxygens (including phenoxy) is 1. The first kappa shape index (κ1) is 7.84. The quantitative estimate of drug-likeness (QED) is 0.405. The second kappa shape index (κ2) is 2.61. The zero-order valence-electron chi connectivity index (χ0n) is 7.49. The van der Waals surface area contributed by atoms with Crippen molar-refractivity contribution in [1.29, 1.82) is 0 Å². The van der Waals surface area contributed by atoms with Crippen molar-refractivity contribution in [1.82, 2.24) is 0 Å². The molecule has 1 aliphatic heterocycles. The predicted octanol–water partition coefficient (Wildman–Crippen LogP) is 1.76. The molecule has 1 aliphatic carbocycles. The summed E-state index contributed by atoms with van der Waals surface area (Å²) in [4.78, 5) is 11.3. The maximum atomic E-state index is 11.3. The standard InChI is InChI=1S/C10H14O2/c1-6-3-4-8-9(5-6)7(2)12-10(8)11/h3-4,6-9H,5H2,1-2H3. The van der Waals surface area contributed by atoms with E-state index in [2.05, 4.69) is 13.0 Å². The molecule has 1 saturated heterocycles. The summed E-state index contributed by atoms with van der Waals surface area (Å²) in [6.07, 6.45) is 5.36. The average molecular weight is 166 g/mol. The Morgan fingerprint density at radius 2 is 2.17 bits per heavy atom. The monoisotopic (exact) mass is 166 g/mol. The van der Waals surface area contributed by atoms with Crippen molar-refractivity contribution in [2.24, 2.45) is 17.8 Å². The number of fused-ring (bicyclic) bond motifs is 1. The summed E-state index contributed by atoms with van der Waals surface area (Å²) in [6, 6.07) is 0. The van der Waals surface area contributed by atoms with Crippen LogP contribution in [0.5, 0.6) is 0 Å². The summed E-state index contributed by atoms with van der Waals surface area (Å²) in [5.41, 5.74) is 0. The molecular formula is C10H14O2. The van der Waals surface area contributed by atoms with Crippen LogP contribution in [-0.4, -0.2) is 12.1 Å². The molecule has 0 aromatic rings. The lowest BCUT2D eigenvalue weighted by molar-refractivity contribution is -0.142. The fourth-order valence-electron chi connectivity index (χ4n) is 2.19. The van der Waals surface area contributed by atoms with Gasteiger partial charge in [-0.05, 0) is 19.3 Å². The fourth-order valence-corrected chi connectivity index (χ4v) is 2.19. The van der Waals surface area contributed by atoms with E-state index in [0.717, 1.165) is 6.42 Å². The molecule has 2 heteroatoms. The van der Waals surface area contributed by atoms with Crippen molar-refractivity contribution in [3.8, 4) is 0 Å². The molecule has 0 saturated carbocycles. The van der Waals surface area contributed by atoms with Gasteiger partial charge in [0.05, 0.1) is 5.92 Å². The average Bonchev–Trinajstić information content (AvgIpc) is 2.28. The Labute approximate surface area is 72.6 Å². The minimum Gasteiger partial charge on any atom is -0.462 e. The van der Waals surface area contributed by atoms with Crippen LogP contribution in [0.2, 0.25) is 0 Å². The van der Waals surface area contributed by atoms with E-state index in [1.54, 1.807) is 0 Å². The Hall–Kier alpha value is -0.790. The van der Waals surface area contributed by atoms with Crippen molar-refractivity contribution >= 4 is 5.97 Å². The minimum atomic E-state index is -0.0318. The van der Waals surface area contributed by atoms with Crippen LogP contribution >= 0.6 is 0 Å². The highest BCUT2D eigenvalue weighted by Crippen LogP contribution is 2.37. The van der Waals surface area contributed by atoms with Crippen LogP contribution in [0.4, 0.5) is 0 Å². The Morgan fingerprint density at radius 3 is 2.92 bits per heavy atom. The molecule has 2 nitrogen and oxygen atoms in total. The van der Waals surface area contributed by atoms with Gasteiger partial charge < -0.3 is 4.74 Å². The fraction of sp³-hybridized carbons (Fsp3) is 0.700. The molecule has 0 aromatic heterocycles. The number of allylic oxidation sites excluding steroid dienone is 1. The van der Waals surface area contributed by atoms with Gasteiger partial charge in [-0.3, -0.25) is 4.79 Å². The summed E-state index contributed by atoms with van der Waals surface area (Å²) in [5, 5.41) is 0. The summed E-state index contributed by atoms with van der Waals surface area (Å²) in [5.74, 6) is 1.05. The number of hydrogen-bond donors (Lipinski definition) is 0. The summed E-state index contributed by atoms with van der Waals surface area (Å²) in [6.45, 7) is 4.18. The Balaban J connectivity index is 2.23. The van der Waals surface area contributed by atoms with Gasteiger partial charge in [0.25, 0.3) is 0 Å². The highest BCUT2D eigenvalue weighted by molar-refractivity contribution is 5.77. The van der Waals surface area contributed by atoms with E-state index in [4.69, 9.17) is 4.74 Å². The molecule has 0 aromatic carbocycles. The molecule has 0 N–H and O–H groups in total. The summed E-state index contributed by atoms with van der Waals surface area (Å²) in [7, 11) is 0. The molecule has 66 valence electrons. The van der Waals surface area contributed by atoms with E-state index >= 15 is 0 Å². The lowest BCUT2D eigenvalue weighted by atomic mass is 9.79. The normalized spacial score (nSPS) is 45.7. The van der Waals surface area contributed by atoms with E-state index < -0.39 is 0 Å². The second-order valence-corrected chi connectivity index (χ2v) is 3.93. The number of cyclic esters (lactones) is 1. The molecule has 1 fully saturated rings. The molecule has 12 heavy (non-hydrogen) atoms. The van der Waals surface area contributed by atoms with Gasteiger partial charge in [-0.15, -0.1) is 0 Å². The lowest BCUT2D eigenvalue weighted by Gasteiger charge is -2.22. The largest absolute Gasteiger partial charge is 0.462 e. The molecule has 0 bridgehead atoms. The van der Waals surface area contributed by atoms with E-state index in [-0.39, 0.29) is 18.0 Å². The second-order valence-electron chi connectivity index (χ2n) is 3.93. The maximum absolute atomic E-state index is 11.3. The van der Waals surface area contributed by atoms with E-state index in [1.807, 2.05) is 13.0 Å². The number of esters is 1. The van der Waals surface area contributed by atoms with Crippen LogP contribution in [0.3, 0.4) is 0 Å². The third-order valence-electron chi connectivity index (χ3n) is 2.93. The van der Waals surface area contributed by atoms with Gasteiger partial charge in [0.1, 0.15) is 6.10 Å². The highest BCUT2D eigenvalue weighted by Gasteiger charge is 2.42. The number of carbonyl (C=O) groups excluding carboxylic acids is 1. The van der Waals surface area contributed by atoms with Gasteiger partial charge in [0.15, 0.2) is 0 Å². The van der Waals surface area contributed by atoms with Crippen molar-refractivity contribution in [2.45, 2.75) is 26.4 Å². The van der Waals surface area contributed by atoms with Gasteiger partial charge in [-0.25, -0.2) is 0 Å². The van der Waals surface area contributed by atoms with Crippen LogP contribution in [0, 0.1) is 17.8 Å². The highest BCUT2D eigenvalue weighted by atomic mass is 16.6. The topological polar surface area (TPSA) is 26.3 Å². The Bertz CT molecular complexity index is 232. The van der Waals surface area contributed by atoms with Gasteiger partial charge in [-0.2, -0.15) is 0 Å². The zero-order valence-corrected chi connectivity index (χ0v) is 7.49. The van der Waals surface area contributed by atoms with Crippen LogP contribution in [-0.2, 0) is 9.53 Å². The van der Waals surface area contributed by atoms with Crippen LogP contribution < -0.4 is 0 Å². The maximum Gasteiger partial charge on any atom is 0.313 e. The molecule has 0 radical (unpaired) electrons. The van der Waals surface area contributed by atoms with Crippen LogP contribution in [0.25, 0.3) is 0 Å². The predicted molar refractivity (Wildman–Crippen MR) is 45.5 cm³/mol. The van der Waals surface area contributed by atoms with E-state index in [1.165, 1.54) is 0 Å². The molecule has 2 aliphatic rings. The van der Waals surface area contributed by atoms with E-state index in [9.17, 15) is 4.79 Å². The van der Waals surface area contributed by atoms with E-state index in [0.29, 0.717) is 11.8 Å². The smallest absolute Gasteiger partial charge is 0.313 e. The van der Waals surface area contributed by atoms with Gasteiger partial charge in [0.2, 0.25) is 0 Å². The summed E-state index contributed by atoms with van der Waals surface area (Å²) >= 11 is 0. The molecular weight excluding hydrogens is 152 g/mol. The van der Waals surface area contributed by atoms with Gasteiger partial charge in [0, 0.05) is 5.92 Å². The molecule has 2 rings (SSSR count). The summed E-state index contributed by atoms with van der Waals surface area (Å²) < 4.78 is 5.17. The van der Waals surface area contributed by atoms with Crippen molar-refractivity contribution in [3.63, 3.8) is 0 Å². The van der Waals surface area contributed by atoms with Crippen molar-refractivity contribution < 1.29 is 9.53 Å². The molecule has 1 heterocycles. The zero-order chi connectivity index (χ0) is 8.72. The number of carbonyl (C=O) groups is 1. The minimum absolute atomic E-state index is 0.0318. The Kier molecular flexibility index (Phi) is 1.71. The van der Waals surface area contributed by atoms with Gasteiger partial charge in [-0.1, -0.05) is 19.1 Å². The molecule has 4 unspecified atom stereocenters. The third-order valence-corrected chi connectivity index (χ3v) is 2.93. The Morgan fingerprint density at radius 1 is 1.42 bits per heavy atom. The first-order valence-electron chi connectivity index (χ1n) is 4.57. The van der Waals surface area contributed by atoms with Crippen molar-refractivity contribution in [3.05, 3.63) is 12.2 Å². The van der Waals surface area contributed by atoms with Gasteiger partial charge >= 0.3 is 5.97 Å². The van der Waals surface area contributed by atoms with Crippen LogP contribution in [0.15, 0.2) is 12.2 Å². The third kappa shape index (κ3) is 1.06. The molecule has 0 spiro atoms. The molecule has 4 atom stereocenters. The number of rotatable bonds is 0. The SMILES string of the molecule is CC1C=CC2C(=O)OC(C)C2C1. The first-order chi connectivity index (χ1) is 5.68.